The summed E-state index contributed by atoms with van der Waals surface area (Å²) in [5, 5.41) is 12.0. The van der Waals surface area contributed by atoms with Crippen molar-refractivity contribution in [1.29, 1.82) is 0 Å². The summed E-state index contributed by atoms with van der Waals surface area (Å²) in [7, 11) is 0. The van der Waals surface area contributed by atoms with E-state index in [1.54, 1.807) is 6.20 Å². The first-order chi connectivity index (χ1) is 12.5. The number of benzene rings is 1. The number of rotatable bonds is 5. The van der Waals surface area contributed by atoms with E-state index in [4.69, 9.17) is 9.84 Å². The van der Waals surface area contributed by atoms with E-state index < -0.39 is 5.97 Å². The number of carbonyl (C=O) groups excluding carboxylic acids is 1. The van der Waals surface area contributed by atoms with Crippen LogP contribution in [-0.2, 0) is 9.53 Å². The molecule has 1 saturated heterocycles. The van der Waals surface area contributed by atoms with Crippen LogP contribution < -0.4 is 5.32 Å². The van der Waals surface area contributed by atoms with E-state index in [0.29, 0.717) is 25.2 Å². The minimum Gasteiger partial charge on any atom is -0.481 e. The molecule has 1 fully saturated rings. The van der Waals surface area contributed by atoms with Crippen molar-refractivity contribution in [3.05, 3.63) is 53.9 Å². The molecule has 136 valence electrons. The Morgan fingerprint density at radius 2 is 2.12 bits per heavy atom. The summed E-state index contributed by atoms with van der Waals surface area (Å²) in [6.45, 7) is 2.88. The predicted molar refractivity (Wildman–Crippen MR) is 96.8 cm³/mol. The van der Waals surface area contributed by atoms with E-state index in [9.17, 15) is 9.59 Å². The van der Waals surface area contributed by atoms with Crippen LogP contribution in [0.2, 0.25) is 0 Å². The molecule has 2 heterocycles. The van der Waals surface area contributed by atoms with Crippen LogP contribution in [0.4, 0.5) is 0 Å². The van der Waals surface area contributed by atoms with Gasteiger partial charge in [0.15, 0.2) is 0 Å². The first-order valence-corrected chi connectivity index (χ1v) is 8.65. The van der Waals surface area contributed by atoms with Gasteiger partial charge in [0.25, 0.3) is 5.91 Å². The van der Waals surface area contributed by atoms with Crippen molar-refractivity contribution in [2.75, 3.05) is 13.2 Å². The fourth-order valence-corrected chi connectivity index (χ4v) is 3.21. The molecule has 1 aromatic heterocycles. The van der Waals surface area contributed by atoms with Gasteiger partial charge >= 0.3 is 5.97 Å². The lowest BCUT2D eigenvalue weighted by molar-refractivity contribution is -0.139. The molecule has 26 heavy (non-hydrogen) atoms. The summed E-state index contributed by atoms with van der Waals surface area (Å²) in [6, 6.07) is 9.60. The predicted octanol–water partition coefficient (Wildman–Crippen LogP) is 2.67. The molecule has 6 nitrogen and oxygen atoms in total. The zero-order chi connectivity index (χ0) is 18.5. The summed E-state index contributed by atoms with van der Waals surface area (Å²) >= 11 is 0. The van der Waals surface area contributed by atoms with Gasteiger partial charge in [-0.3, -0.25) is 14.6 Å². The number of aryl methyl sites for hydroxylation is 1. The van der Waals surface area contributed by atoms with Gasteiger partial charge in [0.05, 0.1) is 18.6 Å². The van der Waals surface area contributed by atoms with Crippen molar-refractivity contribution >= 4 is 11.9 Å². The van der Waals surface area contributed by atoms with E-state index in [1.165, 1.54) is 6.20 Å². The molecule has 0 aliphatic carbocycles. The van der Waals surface area contributed by atoms with Crippen LogP contribution in [0.3, 0.4) is 0 Å². The van der Waals surface area contributed by atoms with Crippen molar-refractivity contribution in [2.24, 2.45) is 5.92 Å². The third-order valence-corrected chi connectivity index (χ3v) is 4.58. The molecule has 1 aliphatic rings. The largest absolute Gasteiger partial charge is 0.481 e. The maximum Gasteiger partial charge on any atom is 0.303 e. The highest BCUT2D eigenvalue weighted by Crippen LogP contribution is 2.22. The Morgan fingerprint density at radius 1 is 1.27 bits per heavy atom. The van der Waals surface area contributed by atoms with Gasteiger partial charge in [-0.2, -0.15) is 0 Å². The number of pyridine rings is 1. The Bertz CT molecular complexity index is 806. The lowest BCUT2D eigenvalue weighted by Crippen LogP contribution is -2.46. The number of nitrogens with zero attached hydrogens (tertiary/aromatic N) is 1. The Balaban J connectivity index is 1.75. The Labute approximate surface area is 152 Å². The van der Waals surface area contributed by atoms with Gasteiger partial charge in [0.2, 0.25) is 0 Å². The van der Waals surface area contributed by atoms with Gasteiger partial charge in [0, 0.05) is 36.5 Å². The lowest BCUT2D eigenvalue weighted by Gasteiger charge is -2.31. The van der Waals surface area contributed by atoms with Gasteiger partial charge in [-0.05, 0) is 25.0 Å². The molecule has 0 saturated carbocycles. The average molecular weight is 354 g/mol. The van der Waals surface area contributed by atoms with Crippen LogP contribution in [0.1, 0.15) is 28.8 Å². The number of hydrogen-bond acceptors (Lipinski definition) is 4. The highest BCUT2D eigenvalue weighted by Gasteiger charge is 2.29. The normalized spacial score (nSPS) is 19.7. The molecule has 1 aromatic carbocycles. The molecule has 2 atom stereocenters. The fourth-order valence-electron chi connectivity index (χ4n) is 3.21. The summed E-state index contributed by atoms with van der Waals surface area (Å²) in [6.07, 6.45) is 3.84. The quantitative estimate of drug-likeness (QED) is 0.862. The first-order valence-electron chi connectivity index (χ1n) is 8.65. The Hall–Kier alpha value is -2.73. The summed E-state index contributed by atoms with van der Waals surface area (Å²) in [4.78, 5) is 27.9. The second-order valence-electron chi connectivity index (χ2n) is 6.63. The number of aromatic nitrogens is 1. The molecule has 0 radical (unpaired) electrons. The van der Waals surface area contributed by atoms with Gasteiger partial charge in [-0.1, -0.05) is 29.8 Å². The number of aliphatic carboxylic acids is 1. The summed E-state index contributed by atoms with van der Waals surface area (Å²) < 4.78 is 5.36. The van der Waals surface area contributed by atoms with E-state index in [-0.39, 0.29) is 24.3 Å². The molecule has 2 aromatic rings. The molecule has 3 rings (SSSR count). The van der Waals surface area contributed by atoms with Gasteiger partial charge in [0.1, 0.15) is 0 Å². The van der Waals surface area contributed by atoms with Crippen LogP contribution in [0.15, 0.2) is 42.7 Å². The molecule has 2 unspecified atom stereocenters. The third kappa shape index (κ3) is 4.46. The fraction of sp³-hybridized carbons (Fsp3) is 0.350. The smallest absolute Gasteiger partial charge is 0.303 e. The van der Waals surface area contributed by atoms with Crippen LogP contribution in [0, 0.1) is 12.8 Å². The second kappa shape index (κ2) is 8.10. The summed E-state index contributed by atoms with van der Waals surface area (Å²) in [5.41, 5.74) is 3.47. The molecule has 0 bridgehead atoms. The third-order valence-electron chi connectivity index (χ3n) is 4.58. The average Bonchev–Trinajstić information content (AvgIpc) is 2.63. The topological polar surface area (TPSA) is 88.5 Å². The standard InChI is InChI=1S/C20H22N2O4/c1-13-3-2-4-14(7-13)15-8-16(11-21-10-15)20(25)22-18-5-6-26-12-17(18)9-19(23)24/h2-4,7-8,10-11,17-18H,5-6,9,12H2,1H3,(H,22,25)(H,23,24). The molecule has 6 heteroatoms. The zero-order valence-corrected chi connectivity index (χ0v) is 14.6. The highest BCUT2D eigenvalue weighted by molar-refractivity contribution is 5.95. The number of ether oxygens (including phenoxy) is 1. The number of nitrogens with one attached hydrogen (secondary N) is 1. The van der Waals surface area contributed by atoms with E-state index in [2.05, 4.69) is 10.3 Å². The highest BCUT2D eigenvalue weighted by atomic mass is 16.5. The van der Waals surface area contributed by atoms with Gasteiger partial charge in [-0.15, -0.1) is 0 Å². The van der Waals surface area contributed by atoms with Crippen LogP contribution in [-0.4, -0.2) is 41.2 Å². The Kier molecular flexibility index (Phi) is 5.63. The first kappa shape index (κ1) is 18.1. The molecule has 2 N–H and O–H groups in total. The molecule has 0 spiro atoms. The van der Waals surface area contributed by atoms with Crippen LogP contribution in [0.25, 0.3) is 11.1 Å². The molecular formula is C20H22N2O4. The van der Waals surface area contributed by atoms with Crippen molar-refractivity contribution in [2.45, 2.75) is 25.8 Å². The van der Waals surface area contributed by atoms with Crippen LogP contribution >= 0.6 is 0 Å². The molecule has 1 aliphatic heterocycles. The molecular weight excluding hydrogens is 332 g/mol. The van der Waals surface area contributed by atoms with Crippen LogP contribution in [0.5, 0.6) is 0 Å². The maximum absolute atomic E-state index is 12.7. The monoisotopic (exact) mass is 354 g/mol. The van der Waals surface area contributed by atoms with Crippen molar-refractivity contribution in [3.63, 3.8) is 0 Å². The molecule has 1 amide bonds. The van der Waals surface area contributed by atoms with E-state index in [0.717, 1.165) is 16.7 Å². The lowest BCUT2D eigenvalue weighted by atomic mass is 9.92. The van der Waals surface area contributed by atoms with Crippen molar-refractivity contribution in [1.82, 2.24) is 10.3 Å². The number of hydrogen-bond donors (Lipinski definition) is 2. The zero-order valence-electron chi connectivity index (χ0n) is 14.6. The minimum absolute atomic E-state index is 0.0213. The SMILES string of the molecule is Cc1cccc(-c2cncc(C(=O)NC3CCOCC3CC(=O)O)c2)c1. The number of carbonyl (C=O) groups is 2. The number of carboxylic acid groups (broad SMARTS) is 1. The van der Waals surface area contributed by atoms with Gasteiger partial charge < -0.3 is 15.2 Å². The van der Waals surface area contributed by atoms with Crippen molar-refractivity contribution < 1.29 is 19.4 Å². The maximum atomic E-state index is 12.7. The van der Waals surface area contributed by atoms with E-state index >= 15 is 0 Å². The Morgan fingerprint density at radius 3 is 2.88 bits per heavy atom. The number of carboxylic acids is 1. The number of amides is 1. The second-order valence-corrected chi connectivity index (χ2v) is 6.63. The van der Waals surface area contributed by atoms with E-state index in [1.807, 2.05) is 37.3 Å². The van der Waals surface area contributed by atoms with Gasteiger partial charge in [-0.25, -0.2) is 0 Å². The summed E-state index contributed by atoms with van der Waals surface area (Å²) in [5.74, 6) is -1.35. The minimum atomic E-state index is -0.886. The van der Waals surface area contributed by atoms with Crippen molar-refractivity contribution in [3.8, 4) is 11.1 Å².